The number of likely N-dealkylation sites (N-methyl/N-ethyl adjacent to an activating group) is 1. The number of carbonyl (C=O) groups is 2. The molecule has 0 saturated carbocycles. The Morgan fingerprint density at radius 1 is 0.884 bits per heavy atom. The fourth-order valence-electron chi connectivity index (χ4n) is 4.65. The number of benzene rings is 4. The van der Waals surface area contributed by atoms with E-state index >= 15 is 0 Å². The van der Waals surface area contributed by atoms with Crippen molar-refractivity contribution in [2.45, 2.75) is 35.7 Å². The standard InChI is InChI=1S/C33H34ClN3O4S2/c1-24-13-15-27(16-14-24)37(43(40,41)29-19-17-28(42-3)18-20-29)23-32(38)36(22-26-11-7-8-12-30(26)34)31(33(39)35-2)21-25-9-5-4-6-10-25/h4-20,31H,21-23H2,1-3H3,(H,35,39)/t31-/m0/s1. The summed E-state index contributed by atoms with van der Waals surface area (Å²) in [6.07, 6.45) is 2.14. The molecule has 0 aromatic heterocycles. The molecule has 0 aliphatic heterocycles. The van der Waals surface area contributed by atoms with E-state index < -0.39 is 28.5 Å². The molecule has 0 unspecified atom stereocenters. The van der Waals surface area contributed by atoms with E-state index in [0.29, 0.717) is 16.3 Å². The maximum Gasteiger partial charge on any atom is 0.264 e. The molecule has 10 heteroatoms. The van der Waals surface area contributed by atoms with E-state index in [2.05, 4.69) is 5.32 Å². The number of sulfonamides is 1. The summed E-state index contributed by atoms with van der Waals surface area (Å²) in [6, 6.07) is 29.0. The van der Waals surface area contributed by atoms with Gasteiger partial charge in [-0.05, 0) is 66.8 Å². The van der Waals surface area contributed by atoms with Crippen molar-refractivity contribution in [2.24, 2.45) is 0 Å². The molecule has 0 spiro atoms. The Bertz CT molecular complexity index is 1650. The molecule has 4 aromatic carbocycles. The zero-order chi connectivity index (χ0) is 31.0. The van der Waals surface area contributed by atoms with Gasteiger partial charge in [0.15, 0.2) is 0 Å². The lowest BCUT2D eigenvalue weighted by Crippen LogP contribution is -2.53. The first kappa shape index (κ1) is 32.1. The first-order valence-corrected chi connectivity index (χ1v) is 16.7. The number of nitrogens with one attached hydrogen (secondary N) is 1. The predicted octanol–water partition coefficient (Wildman–Crippen LogP) is 5.95. The Hall–Kier alpha value is -3.79. The van der Waals surface area contributed by atoms with Crippen molar-refractivity contribution >= 4 is 50.9 Å². The van der Waals surface area contributed by atoms with Gasteiger partial charge >= 0.3 is 0 Å². The third-order valence-corrected chi connectivity index (χ3v) is 9.96. The zero-order valence-electron chi connectivity index (χ0n) is 24.2. The average Bonchev–Trinajstić information content (AvgIpc) is 3.02. The topological polar surface area (TPSA) is 86.8 Å². The lowest BCUT2D eigenvalue weighted by molar-refractivity contribution is -0.139. The normalized spacial score (nSPS) is 11.9. The van der Waals surface area contributed by atoms with Gasteiger partial charge in [0.2, 0.25) is 11.8 Å². The average molecular weight is 636 g/mol. The molecule has 4 aromatic rings. The minimum atomic E-state index is -4.16. The van der Waals surface area contributed by atoms with Crippen molar-refractivity contribution in [3.05, 3.63) is 125 Å². The predicted molar refractivity (Wildman–Crippen MR) is 174 cm³/mol. The van der Waals surface area contributed by atoms with Crippen LogP contribution in [0.25, 0.3) is 0 Å². The number of rotatable bonds is 12. The fourth-order valence-corrected chi connectivity index (χ4v) is 6.66. The smallest absolute Gasteiger partial charge is 0.264 e. The minimum absolute atomic E-state index is 0.00757. The Morgan fingerprint density at radius 3 is 2.12 bits per heavy atom. The van der Waals surface area contributed by atoms with Crippen LogP contribution in [-0.2, 0) is 32.6 Å². The maximum absolute atomic E-state index is 14.3. The van der Waals surface area contributed by atoms with Crippen LogP contribution in [0.15, 0.2) is 113 Å². The summed E-state index contributed by atoms with van der Waals surface area (Å²) in [5.41, 5.74) is 2.77. The second-order valence-corrected chi connectivity index (χ2v) is 13.1. The van der Waals surface area contributed by atoms with Crippen molar-refractivity contribution in [2.75, 3.05) is 24.2 Å². The van der Waals surface area contributed by atoms with Gasteiger partial charge in [-0.25, -0.2) is 8.42 Å². The Balaban J connectivity index is 1.79. The second-order valence-electron chi connectivity index (χ2n) is 9.96. The lowest BCUT2D eigenvalue weighted by atomic mass is 10.0. The van der Waals surface area contributed by atoms with Gasteiger partial charge in [0.05, 0.1) is 10.6 Å². The molecule has 0 saturated heterocycles. The van der Waals surface area contributed by atoms with E-state index in [1.807, 2.05) is 43.5 Å². The lowest BCUT2D eigenvalue weighted by Gasteiger charge is -2.33. The van der Waals surface area contributed by atoms with E-state index in [1.165, 1.54) is 35.8 Å². The Morgan fingerprint density at radius 2 is 1.51 bits per heavy atom. The molecular formula is C33H34ClN3O4S2. The zero-order valence-corrected chi connectivity index (χ0v) is 26.6. The molecule has 2 amide bonds. The van der Waals surface area contributed by atoms with Crippen LogP contribution in [0.3, 0.4) is 0 Å². The molecule has 0 radical (unpaired) electrons. The summed E-state index contributed by atoms with van der Waals surface area (Å²) in [5, 5.41) is 3.12. The third-order valence-electron chi connectivity index (χ3n) is 7.06. The van der Waals surface area contributed by atoms with Crippen LogP contribution in [0, 0.1) is 6.92 Å². The highest BCUT2D eigenvalue weighted by Crippen LogP contribution is 2.27. The molecule has 4 rings (SSSR count). The van der Waals surface area contributed by atoms with Crippen molar-refractivity contribution in [1.82, 2.24) is 10.2 Å². The van der Waals surface area contributed by atoms with Crippen molar-refractivity contribution in [1.29, 1.82) is 0 Å². The summed E-state index contributed by atoms with van der Waals surface area (Å²) in [7, 11) is -2.65. The first-order valence-electron chi connectivity index (χ1n) is 13.7. The van der Waals surface area contributed by atoms with Crippen LogP contribution in [-0.4, -0.2) is 51.0 Å². The number of hydrogen-bond donors (Lipinski definition) is 1. The summed E-state index contributed by atoms with van der Waals surface area (Å²) < 4.78 is 29.3. The third kappa shape index (κ3) is 7.98. The van der Waals surface area contributed by atoms with Crippen LogP contribution in [0.4, 0.5) is 5.69 Å². The number of nitrogens with zero attached hydrogens (tertiary/aromatic N) is 2. The van der Waals surface area contributed by atoms with E-state index in [-0.39, 0.29) is 23.8 Å². The van der Waals surface area contributed by atoms with E-state index in [0.717, 1.165) is 20.3 Å². The number of hydrogen-bond acceptors (Lipinski definition) is 5. The maximum atomic E-state index is 14.3. The molecule has 0 fully saturated rings. The monoisotopic (exact) mass is 635 g/mol. The summed E-state index contributed by atoms with van der Waals surface area (Å²) in [6.45, 7) is 1.38. The van der Waals surface area contributed by atoms with E-state index in [4.69, 9.17) is 11.6 Å². The molecule has 7 nitrogen and oxygen atoms in total. The van der Waals surface area contributed by atoms with Crippen LogP contribution in [0.1, 0.15) is 16.7 Å². The SMILES string of the molecule is CNC(=O)[C@H](Cc1ccccc1)N(Cc1ccccc1Cl)C(=O)CN(c1ccc(C)cc1)S(=O)(=O)c1ccc(SC)cc1. The summed E-state index contributed by atoms with van der Waals surface area (Å²) >= 11 is 8.00. The highest BCUT2D eigenvalue weighted by molar-refractivity contribution is 7.98. The first-order chi connectivity index (χ1) is 20.6. The van der Waals surface area contributed by atoms with E-state index in [1.54, 1.807) is 60.7 Å². The van der Waals surface area contributed by atoms with Gasteiger partial charge in [0.25, 0.3) is 10.0 Å². The van der Waals surface area contributed by atoms with Gasteiger partial charge in [-0.1, -0.05) is 77.8 Å². The molecule has 43 heavy (non-hydrogen) atoms. The van der Waals surface area contributed by atoms with Crippen molar-refractivity contribution in [3.63, 3.8) is 0 Å². The molecule has 1 N–H and O–H groups in total. The number of amides is 2. The van der Waals surface area contributed by atoms with Crippen LogP contribution in [0.2, 0.25) is 5.02 Å². The number of halogens is 1. The summed E-state index contributed by atoms with van der Waals surface area (Å²) in [4.78, 5) is 30.1. The van der Waals surface area contributed by atoms with Crippen molar-refractivity contribution in [3.8, 4) is 0 Å². The molecule has 1 atom stereocenters. The number of carbonyl (C=O) groups excluding carboxylic acids is 2. The highest BCUT2D eigenvalue weighted by atomic mass is 35.5. The minimum Gasteiger partial charge on any atom is -0.357 e. The highest BCUT2D eigenvalue weighted by Gasteiger charge is 2.34. The van der Waals surface area contributed by atoms with Gasteiger partial charge in [0, 0.05) is 29.9 Å². The fraction of sp³-hybridized carbons (Fsp3) is 0.212. The number of thioether (sulfide) groups is 1. The molecule has 0 heterocycles. The van der Waals surface area contributed by atoms with Gasteiger partial charge in [-0.3, -0.25) is 13.9 Å². The van der Waals surface area contributed by atoms with Gasteiger partial charge in [0.1, 0.15) is 12.6 Å². The van der Waals surface area contributed by atoms with Crippen molar-refractivity contribution < 1.29 is 18.0 Å². The second kappa shape index (κ2) is 14.6. The Kier molecular flexibility index (Phi) is 10.9. The van der Waals surface area contributed by atoms with Gasteiger partial charge < -0.3 is 10.2 Å². The van der Waals surface area contributed by atoms with Crippen LogP contribution < -0.4 is 9.62 Å². The quantitative estimate of drug-likeness (QED) is 0.194. The van der Waals surface area contributed by atoms with Gasteiger partial charge in [-0.15, -0.1) is 11.8 Å². The van der Waals surface area contributed by atoms with Crippen LogP contribution in [0.5, 0.6) is 0 Å². The molecule has 0 aliphatic carbocycles. The Labute approximate surface area is 262 Å². The summed E-state index contributed by atoms with van der Waals surface area (Å²) in [5.74, 6) is -0.920. The van der Waals surface area contributed by atoms with Gasteiger partial charge in [-0.2, -0.15) is 0 Å². The largest absolute Gasteiger partial charge is 0.357 e. The molecular weight excluding hydrogens is 602 g/mol. The molecule has 0 aliphatic rings. The molecule has 224 valence electrons. The number of anilines is 1. The molecule has 0 bridgehead atoms. The van der Waals surface area contributed by atoms with E-state index in [9.17, 15) is 18.0 Å². The van der Waals surface area contributed by atoms with Crippen LogP contribution >= 0.6 is 23.4 Å². The number of aryl methyl sites for hydroxylation is 1.